The molecular weight excluding hydrogens is 404 g/mol. The van der Waals surface area contributed by atoms with Gasteiger partial charge in [-0.05, 0) is 55.4 Å². The number of methoxy groups -OCH3 is 2. The van der Waals surface area contributed by atoms with E-state index in [9.17, 15) is 4.79 Å². The van der Waals surface area contributed by atoms with Crippen molar-refractivity contribution in [2.75, 3.05) is 20.8 Å². The first-order chi connectivity index (χ1) is 15.7. The Morgan fingerprint density at radius 2 is 1.84 bits per heavy atom. The van der Waals surface area contributed by atoms with Crippen LogP contribution in [0.4, 0.5) is 0 Å². The van der Waals surface area contributed by atoms with Crippen LogP contribution in [0.25, 0.3) is 0 Å². The summed E-state index contributed by atoms with van der Waals surface area (Å²) in [5.74, 6) is 1.43. The van der Waals surface area contributed by atoms with Gasteiger partial charge in [-0.25, -0.2) is 4.68 Å². The van der Waals surface area contributed by atoms with Gasteiger partial charge in [0, 0.05) is 12.6 Å². The molecule has 1 aliphatic heterocycles. The lowest BCUT2D eigenvalue weighted by molar-refractivity contribution is 0.0595. The highest BCUT2D eigenvalue weighted by Gasteiger charge is 2.29. The molecular formula is C25H30N4O3. The second-order valence-electron chi connectivity index (χ2n) is 8.16. The van der Waals surface area contributed by atoms with Crippen molar-refractivity contribution in [3.63, 3.8) is 0 Å². The minimum atomic E-state index is -0.0266. The molecule has 0 spiro atoms. The van der Waals surface area contributed by atoms with E-state index in [1.54, 1.807) is 25.1 Å². The van der Waals surface area contributed by atoms with Crippen LogP contribution in [0, 0.1) is 0 Å². The van der Waals surface area contributed by atoms with Gasteiger partial charge in [0.05, 0.1) is 27.0 Å². The van der Waals surface area contributed by atoms with Gasteiger partial charge in [-0.3, -0.25) is 4.79 Å². The van der Waals surface area contributed by atoms with E-state index in [0.29, 0.717) is 12.2 Å². The number of amides is 1. The number of carbonyl (C=O) groups excluding carboxylic acids is 1. The van der Waals surface area contributed by atoms with E-state index in [1.165, 1.54) is 5.56 Å². The number of piperidine rings is 1. The highest BCUT2D eigenvalue weighted by atomic mass is 16.5. The van der Waals surface area contributed by atoms with Crippen LogP contribution in [-0.4, -0.2) is 52.6 Å². The maximum atomic E-state index is 13.2. The van der Waals surface area contributed by atoms with Crippen LogP contribution in [0.5, 0.6) is 11.5 Å². The molecule has 168 valence electrons. The second kappa shape index (κ2) is 10.3. The van der Waals surface area contributed by atoms with Crippen molar-refractivity contribution in [2.24, 2.45) is 0 Å². The Morgan fingerprint density at radius 3 is 2.62 bits per heavy atom. The first kappa shape index (κ1) is 21.9. The van der Waals surface area contributed by atoms with Gasteiger partial charge in [-0.2, -0.15) is 0 Å². The molecule has 0 saturated carbocycles. The van der Waals surface area contributed by atoms with E-state index >= 15 is 0 Å². The third kappa shape index (κ3) is 5.10. The lowest BCUT2D eigenvalue weighted by atomic mass is 9.95. The fraction of sp³-hybridized carbons (Fsp3) is 0.400. The van der Waals surface area contributed by atoms with Gasteiger partial charge in [0.2, 0.25) is 0 Å². The van der Waals surface area contributed by atoms with Gasteiger partial charge in [0.1, 0.15) is 0 Å². The summed E-state index contributed by atoms with van der Waals surface area (Å²) in [5, 5.41) is 8.35. The van der Waals surface area contributed by atoms with Gasteiger partial charge >= 0.3 is 0 Å². The summed E-state index contributed by atoms with van der Waals surface area (Å²) < 4.78 is 12.5. The molecule has 7 heteroatoms. The van der Waals surface area contributed by atoms with E-state index in [0.717, 1.165) is 55.7 Å². The quantitative estimate of drug-likeness (QED) is 0.537. The first-order valence-electron chi connectivity index (χ1n) is 11.1. The van der Waals surface area contributed by atoms with Crippen LogP contribution >= 0.6 is 0 Å². The van der Waals surface area contributed by atoms with E-state index in [-0.39, 0.29) is 11.9 Å². The van der Waals surface area contributed by atoms with Crippen LogP contribution in [0.3, 0.4) is 0 Å². The number of hydrogen-bond donors (Lipinski definition) is 0. The molecule has 0 radical (unpaired) electrons. The van der Waals surface area contributed by atoms with Crippen LogP contribution in [-0.2, 0) is 13.0 Å². The molecule has 4 rings (SSSR count). The van der Waals surface area contributed by atoms with E-state index < -0.39 is 0 Å². The zero-order chi connectivity index (χ0) is 22.3. The Kier molecular flexibility index (Phi) is 7.04. The Hall–Kier alpha value is -3.35. The molecule has 2 aromatic carbocycles. The molecule has 0 aliphatic carbocycles. The monoisotopic (exact) mass is 434 g/mol. The maximum Gasteiger partial charge on any atom is 0.276 e. The molecule has 2 heterocycles. The number of aromatic nitrogens is 3. The van der Waals surface area contributed by atoms with Crippen LogP contribution in [0.2, 0.25) is 0 Å². The average molecular weight is 435 g/mol. The van der Waals surface area contributed by atoms with Crippen molar-refractivity contribution in [1.29, 1.82) is 0 Å². The number of aryl methyl sites for hydroxylation is 1. The number of carbonyl (C=O) groups is 1. The molecule has 1 unspecified atom stereocenters. The predicted octanol–water partition coefficient (Wildman–Crippen LogP) is 3.97. The van der Waals surface area contributed by atoms with Gasteiger partial charge in [-0.1, -0.05) is 41.6 Å². The van der Waals surface area contributed by atoms with Crippen molar-refractivity contribution >= 4 is 5.91 Å². The number of nitrogens with zero attached hydrogens (tertiary/aromatic N) is 4. The molecule has 7 nitrogen and oxygen atoms in total. The molecule has 3 aromatic rings. The number of likely N-dealkylation sites (tertiary alicyclic amines) is 1. The van der Waals surface area contributed by atoms with Crippen LogP contribution in [0.1, 0.15) is 47.3 Å². The highest BCUT2D eigenvalue weighted by molar-refractivity contribution is 5.92. The fourth-order valence-corrected chi connectivity index (χ4v) is 4.33. The number of hydrogen-bond acceptors (Lipinski definition) is 5. The zero-order valence-corrected chi connectivity index (χ0v) is 18.7. The third-order valence-electron chi connectivity index (χ3n) is 6.05. The minimum absolute atomic E-state index is 0.0266. The Labute approximate surface area is 188 Å². The summed E-state index contributed by atoms with van der Waals surface area (Å²) in [6.45, 7) is 1.37. The van der Waals surface area contributed by atoms with Crippen molar-refractivity contribution in [2.45, 2.75) is 44.7 Å². The summed E-state index contributed by atoms with van der Waals surface area (Å²) in [7, 11) is 3.28. The smallest absolute Gasteiger partial charge is 0.276 e. The maximum absolute atomic E-state index is 13.2. The van der Waals surface area contributed by atoms with E-state index in [2.05, 4.69) is 16.4 Å². The third-order valence-corrected chi connectivity index (χ3v) is 6.05. The van der Waals surface area contributed by atoms with Gasteiger partial charge in [-0.15, -0.1) is 5.10 Å². The average Bonchev–Trinajstić information content (AvgIpc) is 3.31. The Bertz CT molecular complexity index is 1030. The Morgan fingerprint density at radius 1 is 1.03 bits per heavy atom. The lowest BCUT2D eigenvalue weighted by Crippen LogP contribution is -2.44. The van der Waals surface area contributed by atoms with Crippen molar-refractivity contribution in [3.8, 4) is 11.5 Å². The molecule has 1 atom stereocenters. The summed E-state index contributed by atoms with van der Waals surface area (Å²) in [5.41, 5.74) is 2.72. The molecule has 1 fully saturated rings. The molecule has 1 aromatic heterocycles. The topological polar surface area (TPSA) is 69.5 Å². The summed E-state index contributed by atoms with van der Waals surface area (Å²) in [6, 6.07) is 16.3. The summed E-state index contributed by atoms with van der Waals surface area (Å²) in [4.78, 5) is 15.2. The van der Waals surface area contributed by atoms with Crippen LogP contribution < -0.4 is 9.47 Å². The van der Waals surface area contributed by atoms with Gasteiger partial charge in [0.15, 0.2) is 17.2 Å². The Balaban J connectivity index is 1.41. The molecule has 1 aliphatic rings. The van der Waals surface area contributed by atoms with Crippen molar-refractivity contribution < 1.29 is 14.3 Å². The molecule has 1 saturated heterocycles. The largest absolute Gasteiger partial charge is 0.493 e. The predicted molar refractivity (Wildman–Crippen MR) is 122 cm³/mol. The molecule has 32 heavy (non-hydrogen) atoms. The molecule has 0 N–H and O–H groups in total. The standard InChI is InChI=1S/C25H30N4O3/c1-31-23-14-12-19(16-24(23)32-2)11-13-21-10-6-7-15-29(21)25(30)22-18-28(27-26-22)17-20-8-4-3-5-9-20/h3-5,8-9,12,14,16,18,21H,6-7,10-11,13,15,17H2,1-2H3. The summed E-state index contributed by atoms with van der Waals surface area (Å²) >= 11 is 0. The number of ether oxygens (including phenoxy) is 2. The fourth-order valence-electron chi connectivity index (χ4n) is 4.33. The lowest BCUT2D eigenvalue weighted by Gasteiger charge is -2.35. The van der Waals surface area contributed by atoms with Crippen molar-refractivity contribution in [3.05, 3.63) is 71.5 Å². The summed E-state index contributed by atoms with van der Waals surface area (Å²) in [6.07, 6.45) is 6.71. The zero-order valence-electron chi connectivity index (χ0n) is 18.7. The van der Waals surface area contributed by atoms with Crippen molar-refractivity contribution in [1.82, 2.24) is 19.9 Å². The van der Waals surface area contributed by atoms with E-state index in [1.807, 2.05) is 47.4 Å². The van der Waals surface area contributed by atoms with Crippen LogP contribution in [0.15, 0.2) is 54.7 Å². The first-order valence-corrected chi connectivity index (χ1v) is 11.1. The SMILES string of the molecule is COc1ccc(CCC2CCCCN2C(=O)c2cn(Cc3ccccc3)nn2)cc1OC. The highest BCUT2D eigenvalue weighted by Crippen LogP contribution is 2.29. The van der Waals surface area contributed by atoms with E-state index in [4.69, 9.17) is 9.47 Å². The number of rotatable bonds is 8. The number of benzene rings is 2. The molecule has 0 bridgehead atoms. The van der Waals surface area contributed by atoms with Gasteiger partial charge in [0.25, 0.3) is 5.91 Å². The molecule has 1 amide bonds. The minimum Gasteiger partial charge on any atom is -0.493 e. The second-order valence-corrected chi connectivity index (χ2v) is 8.16. The van der Waals surface area contributed by atoms with Gasteiger partial charge < -0.3 is 14.4 Å². The normalized spacial score (nSPS) is 16.1.